The van der Waals surface area contributed by atoms with Gasteiger partial charge in [0.05, 0.1) is 17.4 Å². The van der Waals surface area contributed by atoms with E-state index in [1.54, 1.807) is 6.92 Å². The number of aliphatic hydroxyl groups is 1. The van der Waals surface area contributed by atoms with E-state index in [1.165, 1.54) is 6.92 Å². The zero-order valence-corrected chi connectivity index (χ0v) is 12.8. The third-order valence-electron chi connectivity index (χ3n) is 3.24. The van der Waals surface area contributed by atoms with Gasteiger partial charge in [0.15, 0.2) is 0 Å². The van der Waals surface area contributed by atoms with Crippen molar-refractivity contribution in [1.29, 1.82) is 0 Å². The Bertz CT molecular complexity index is 418. The molecule has 1 atom stereocenters. The van der Waals surface area contributed by atoms with Crippen molar-refractivity contribution in [1.82, 2.24) is 10.0 Å². The number of carbonyl (C=O) groups is 1. The van der Waals surface area contributed by atoms with Crippen LogP contribution in [0.4, 0.5) is 0 Å². The van der Waals surface area contributed by atoms with Crippen molar-refractivity contribution in [2.45, 2.75) is 44.8 Å². The number of amides is 1. The molecule has 1 aliphatic rings. The van der Waals surface area contributed by atoms with Gasteiger partial charge in [0, 0.05) is 32.6 Å². The van der Waals surface area contributed by atoms with E-state index in [1.807, 2.05) is 0 Å². The van der Waals surface area contributed by atoms with Gasteiger partial charge in [0.25, 0.3) is 0 Å². The van der Waals surface area contributed by atoms with Crippen LogP contribution in [0.1, 0.15) is 33.1 Å². The molecule has 7 nitrogen and oxygen atoms in total. The fourth-order valence-corrected chi connectivity index (χ4v) is 3.28. The summed E-state index contributed by atoms with van der Waals surface area (Å²) in [5, 5.41) is 12.8. The first-order chi connectivity index (χ1) is 9.28. The maximum atomic E-state index is 11.8. The summed E-state index contributed by atoms with van der Waals surface area (Å²) in [6.07, 6.45) is 1.41. The fraction of sp³-hybridized carbons (Fsp3) is 0.917. The molecule has 118 valence electrons. The van der Waals surface area contributed by atoms with E-state index < -0.39 is 27.6 Å². The molecule has 1 rings (SSSR count). The van der Waals surface area contributed by atoms with Crippen molar-refractivity contribution in [3.05, 3.63) is 0 Å². The Morgan fingerprint density at radius 3 is 2.55 bits per heavy atom. The van der Waals surface area contributed by atoms with Gasteiger partial charge >= 0.3 is 0 Å². The van der Waals surface area contributed by atoms with Crippen LogP contribution in [0.25, 0.3) is 0 Å². The lowest BCUT2D eigenvalue weighted by atomic mass is 9.94. The maximum Gasteiger partial charge on any atom is 0.237 e. The van der Waals surface area contributed by atoms with Crippen molar-refractivity contribution in [3.8, 4) is 0 Å². The normalized spacial score (nSPS) is 20.4. The van der Waals surface area contributed by atoms with Gasteiger partial charge < -0.3 is 15.2 Å². The van der Waals surface area contributed by atoms with Crippen LogP contribution >= 0.6 is 0 Å². The molecule has 3 N–H and O–H groups in total. The third-order valence-corrected chi connectivity index (χ3v) is 4.90. The summed E-state index contributed by atoms with van der Waals surface area (Å²) in [4.78, 5) is 11.8. The quantitative estimate of drug-likeness (QED) is 0.580. The minimum absolute atomic E-state index is 0.00804. The lowest BCUT2D eigenvalue weighted by Crippen LogP contribution is -2.51. The molecule has 0 radical (unpaired) electrons. The van der Waals surface area contributed by atoms with Crippen molar-refractivity contribution >= 4 is 15.9 Å². The van der Waals surface area contributed by atoms with E-state index in [9.17, 15) is 18.3 Å². The zero-order valence-electron chi connectivity index (χ0n) is 12.0. The van der Waals surface area contributed by atoms with E-state index in [2.05, 4.69) is 10.0 Å². The molecule has 1 amide bonds. The first kappa shape index (κ1) is 17.4. The molecule has 1 heterocycles. The molecule has 20 heavy (non-hydrogen) atoms. The second kappa shape index (κ2) is 7.35. The highest BCUT2D eigenvalue weighted by molar-refractivity contribution is 7.89. The first-order valence-corrected chi connectivity index (χ1v) is 8.51. The van der Waals surface area contributed by atoms with Gasteiger partial charge in [-0.15, -0.1) is 0 Å². The number of hydrogen-bond acceptors (Lipinski definition) is 5. The lowest BCUT2D eigenvalue weighted by molar-refractivity contribution is -0.125. The first-order valence-electron chi connectivity index (χ1n) is 6.86. The van der Waals surface area contributed by atoms with Crippen LogP contribution in [-0.2, 0) is 19.6 Å². The van der Waals surface area contributed by atoms with Gasteiger partial charge in [-0.25, -0.2) is 13.1 Å². The second-order valence-corrected chi connectivity index (χ2v) is 7.09. The molecule has 0 spiro atoms. The van der Waals surface area contributed by atoms with E-state index in [4.69, 9.17) is 4.74 Å². The van der Waals surface area contributed by atoms with Gasteiger partial charge in [0.2, 0.25) is 15.9 Å². The van der Waals surface area contributed by atoms with E-state index in [0.717, 1.165) is 0 Å². The number of ether oxygens (including phenoxy) is 1. The molecule has 0 aromatic heterocycles. The predicted molar refractivity (Wildman–Crippen MR) is 74.7 cm³/mol. The minimum Gasteiger partial charge on any atom is -0.388 e. The van der Waals surface area contributed by atoms with Crippen molar-refractivity contribution in [2.75, 3.05) is 25.5 Å². The Morgan fingerprint density at radius 1 is 1.40 bits per heavy atom. The van der Waals surface area contributed by atoms with Crippen LogP contribution < -0.4 is 10.0 Å². The highest BCUT2D eigenvalue weighted by Crippen LogP contribution is 2.19. The molecule has 1 unspecified atom stereocenters. The summed E-state index contributed by atoms with van der Waals surface area (Å²) in [5.41, 5.74) is -0.962. The fourth-order valence-electron chi connectivity index (χ4n) is 1.98. The van der Waals surface area contributed by atoms with Gasteiger partial charge in [0.1, 0.15) is 0 Å². The van der Waals surface area contributed by atoms with Crippen LogP contribution in [0, 0.1) is 0 Å². The van der Waals surface area contributed by atoms with Crippen molar-refractivity contribution in [3.63, 3.8) is 0 Å². The second-order valence-electron chi connectivity index (χ2n) is 5.21. The van der Waals surface area contributed by atoms with Crippen molar-refractivity contribution in [2.24, 2.45) is 0 Å². The Balaban J connectivity index is 2.42. The smallest absolute Gasteiger partial charge is 0.237 e. The molecule has 0 bridgehead atoms. The van der Waals surface area contributed by atoms with Gasteiger partial charge in [-0.2, -0.15) is 0 Å². The summed E-state index contributed by atoms with van der Waals surface area (Å²) in [6, 6.07) is -0.852. The summed E-state index contributed by atoms with van der Waals surface area (Å²) >= 11 is 0. The Morgan fingerprint density at radius 2 is 2.00 bits per heavy atom. The molecule has 1 aliphatic heterocycles. The zero-order chi connectivity index (χ0) is 15.2. The Labute approximate surface area is 120 Å². The summed E-state index contributed by atoms with van der Waals surface area (Å²) in [7, 11) is -3.43. The van der Waals surface area contributed by atoms with Crippen LogP contribution in [0.15, 0.2) is 0 Å². The topological polar surface area (TPSA) is 105 Å². The van der Waals surface area contributed by atoms with Crippen LogP contribution in [-0.4, -0.2) is 56.6 Å². The van der Waals surface area contributed by atoms with E-state index in [-0.39, 0.29) is 12.3 Å². The van der Waals surface area contributed by atoms with Gasteiger partial charge in [-0.3, -0.25) is 4.79 Å². The molecule has 0 aromatic carbocycles. The summed E-state index contributed by atoms with van der Waals surface area (Å²) in [5.74, 6) is -0.448. The van der Waals surface area contributed by atoms with E-state index >= 15 is 0 Å². The number of hydrogen-bond donors (Lipinski definition) is 3. The molecular formula is C12H24N2O5S. The molecule has 8 heteroatoms. The average Bonchev–Trinajstić information content (AvgIpc) is 2.36. The third kappa shape index (κ3) is 5.74. The average molecular weight is 308 g/mol. The predicted octanol–water partition coefficient (Wildman–Crippen LogP) is -0.638. The monoisotopic (exact) mass is 308 g/mol. The van der Waals surface area contributed by atoms with Crippen molar-refractivity contribution < 1.29 is 23.1 Å². The number of nitrogens with one attached hydrogen (secondary N) is 2. The Hall–Kier alpha value is -0.700. The SMILES string of the molecule is CCCS(=O)(=O)NC(C)C(=O)NCC1(O)CCOCC1. The molecule has 0 saturated carbocycles. The molecule has 1 fully saturated rings. The standard InChI is InChI=1S/C12H24N2O5S/c1-3-8-20(17,18)14-10(2)11(15)13-9-12(16)4-6-19-7-5-12/h10,14,16H,3-9H2,1-2H3,(H,13,15). The highest BCUT2D eigenvalue weighted by Gasteiger charge is 2.31. The van der Waals surface area contributed by atoms with Crippen LogP contribution in [0.3, 0.4) is 0 Å². The highest BCUT2D eigenvalue weighted by atomic mass is 32.2. The number of sulfonamides is 1. The molecule has 0 aromatic rings. The largest absolute Gasteiger partial charge is 0.388 e. The molecular weight excluding hydrogens is 284 g/mol. The van der Waals surface area contributed by atoms with Crippen LogP contribution in [0.2, 0.25) is 0 Å². The van der Waals surface area contributed by atoms with Crippen LogP contribution in [0.5, 0.6) is 0 Å². The summed E-state index contributed by atoms with van der Waals surface area (Å²) < 4.78 is 30.6. The summed E-state index contributed by atoms with van der Waals surface area (Å²) in [6.45, 7) is 4.27. The molecule has 0 aliphatic carbocycles. The lowest BCUT2D eigenvalue weighted by Gasteiger charge is -2.32. The van der Waals surface area contributed by atoms with E-state index in [0.29, 0.717) is 32.5 Å². The number of carbonyl (C=O) groups excluding carboxylic acids is 1. The Kier molecular flexibility index (Phi) is 6.38. The van der Waals surface area contributed by atoms with Gasteiger partial charge in [-0.05, 0) is 13.3 Å². The minimum atomic E-state index is -3.43. The van der Waals surface area contributed by atoms with Gasteiger partial charge in [-0.1, -0.05) is 6.92 Å². The molecule has 1 saturated heterocycles. The maximum absolute atomic E-state index is 11.8. The number of rotatable bonds is 7.